The number of carbonyl (C=O) groups is 1. The fourth-order valence-corrected chi connectivity index (χ4v) is 4.10. The highest BCUT2D eigenvalue weighted by atomic mass is 32.2. The summed E-state index contributed by atoms with van der Waals surface area (Å²) in [5.74, 6) is -0.0259. The molecule has 0 spiro atoms. The summed E-state index contributed by atoms with van der Waals surface area (Å²) in [6, 6.07) is 10.6. The molecule has 0 unspecified atom stereocenters. The van der Waals surface area contributed by atoms with Crippen molar-refractivity contribution in [1.82, 2.24) is 9.71 Å². The minimum absolute atomic E-state index is 0.0259. The molecule has 25 heavy (non-hydrogen) atoms. The van der Waals surface area contributed by atoms with Crippen molar-refractivity contribution in [3.63, 3.8) is 0 Å². The summed E-state index contributed by atoms with van der Waals surface area (Å²) in [6.07, 6.45) is 3.81. The van der Waals surface area contributed by atoms with Crippen molar-refractivity contribution in [3.8, 4) is 0 Å². The number of sulfonamides is 1. The Balaban J connectivity index is 1.62. The van der Waals surface area contributed by atoms with E-state index < -0.39 is 10.0 Å². The van der Waals surface area contributed by atoms with Gasteiger partial charge in [-0.25, -0.2) is 13.1 Å². The Kier molecular flexibility index (Phi) is 5.15. The highest BCUT2D eigenvalue weighted by Crippen LogP contribution is 2.30. The molecule has 1 aliphatic heterocycles. The molecule has 0 bridgehead atoms. The Labute approximate surface area is 147 Å². The second kappa shape index (κ2) is 7.33. The van der Waals surface area contributed by atoms with E-state index in [4.69, 9.17) is 0 Å². The summed E-state index contributed by atoms with van der Waals surface area (Å²) in [6.45, 7) is 2.48. The number of pyridine rings is 1. The summed E-state index contributed by atoms with van der Waals surface area (Å²) in [5.41, 5.74) is 2.65. The third-order valence-electron chi connectivity index (χ3n) is 4.26. The minimum atomic E-state index is -3.55. The number of nitrogens with zero attached hydrogens (tertiary/aromatic N) is 2. The second-order valence-corrected chi connectivity index (χ2v) is 7.80. The van der Waals surface area contributed by atoms with E-state index >= 15 is 0 Å². The summed E-state index contributed by atoms with van der Waals surface area (Å²) in [7, 11) is -3.55. The van der Waals surface area contributed by atoms with Crippen molar-refractivity contribution in [2.24, 2.45) is 0 Å². The molecule has 0 saturated carbocycles. The number of hydrogen-bond donors (Lipinski definition) is 1. The molecule has 1 aliphatic rings. The number of carbonyl (C=O) groups excluding carboxylic acids is 1. The first-order valence-corrected chi connectivity index (χ1v) is 9.76. The number of aromatic nitrogens is 1. The van der Waals surface area contributed by atoms with Crippen LogP contribution in [-0.4, -0.2) is 32.4 Å². The fraction of sp³-hybridized carbons (Fsp3) is 0.333. The molecule has 0 aliphatic carbocycles. The van der Waals surface area contributed by atoms with Crippen molar-refractivity contribution in [1.29, 1.82) is 0 Å². The van der Waals surface area contributed by atoms with Gasteiger partial charge in [-0.2, -0.15) is 0 Å². The first kappa shape index (κ1) is 17.6. The Morgan fingerprint density at radius 3 is 2.84 bits per heavy atom. The normalized spacial score (nSPS) is 13.7. The molecule has 2 aromatic rings. The summed E-state index contributed by atoms with van der Waals surface area (Å²) in [5, 5.41) is 0. The van der Waals surface area contributed by atoms with Gasteiger partial charge in [0.1, 0.15) is 0 Å². The molecule has 3 rings (SSSR count). The van der Waals surface area contributed by atoms with Gasteiger partial charge in [0, 0.05) is 37.6 Å². The fourth-order valence-electron chi connectivity index (χ4n) is 2.98. The van der Waals surface area contributed by atoms with Crippen LogP contribution in [0, 0.1) is 0 Å². The van der Waals surface area contributed by atoms with Gasteiger partial charge in [0.15, 0.2) is 0 Å². The van der Waals surface area contributed by atoms with Crippen LogP contribution in [-0.2, 0) is 27.7 Å². The third kappa shape index (κ3) is 4.05. The highest BCUT2D eigenvalue weighted by Gasteiger charge is 2.24. The molecule has 0 fully saturated rings. The molecule has 1 N–H and O–H groups in total. The third-order valence-corrected chi connectivity index (χ3v) is 5.72. The monoisotopic (exact) mass is 359 g/mol. The first-order valence-electron chi connectivity index (χ1n) is 8.28. The maximum Gasteiger partial charge on any atom is 0.240 e. The van der Waals surface area contributed by atoms with E-state index in [1.165, 1.54) is 6.92 Å². The Hall–Kier alpha value is -2.25. The highest BCUT2D eigenvalue weighted by molar-refractivity contribution is 7.89. The molecular weight excluding hydrogens is 338 g/mol. The number of anilines is 1. The zero-order chi connectivity index (χ0) is 17.9. The number of aryl methyl sites for hydroxylation is 1. The lowest BCUT2D eigenvalue weighted by Crippen LogP contribution is -2.26. The van der Waals surface area contributed by atoms with Gasteiger partial charge in [0.2, 0.25) is 15.9 Å². The van der Waals surface area contributed by atoms with Gasteiger partial charge in [-0.3, -0.25) is 9.78 Å². The lowest BCUT2D eigenvalue weighted by molar-refractivity contribution is -0.116. The van der Waals surface area contributed by atoms with Crippen LogP contribution in [0.5, 0.6) is 0 Å². The van der Waals surface area contributed by atoms with Gasteiger partial charge in [-0.1, -0.05) is 6.07 Å². The predicted molar refractivity (Wildman–Crippen MR) is 95.9 cm³/mol. The van der Waals surface area contributed by atoms with E-state index in [9.17, 15) is 13.2 Å². The van der Waals surface area contributed by atoms with Crippen LogP contribution < -0.4 is 9.62 Å². The van der Waals surface area contributed by atoms with E-state index in [2.05, 4.69) is 9.71 Å². The van der Waals surface area contributed by atoms with Gasteiger partial charge in [-0.15, -0.1) is 0 Å². The molecular formula is C18H21N3O3S. The van der Waals surface area contributed by atoms with Crippen LogP contribution in [0.2, 0.25) is 0 Å². The quantitative estimate of drug-likeness (QED) is 0.799. The van der Waals surface area contributed by atoms with Crippen molar-refractivity contribution in [3.05, 3.63) is 53.9 Å². The van der Waals surface area contributed by atoms with Crippen LogP contribution >= 0.6 is 0 Å². The molecule has 6 nitrogen and oxygen atoms in total. The number of hydrogen-bond acceptors (Lipinski definition) is 4. The Bertz CT molecular complexity index is 866. The average Bonchev–Trinajstić information content (AvgIpc) is 3.03. The zero-order valence-electron chi connectivity index (χ0n) is 14.1. The van der Waals surface area contributed by atoms with Crippen LogP contribution in [0.15, 0.2) is 47.5 Å². The number of rotatable bonds is 6. The molecule has 0 atom stereocenters. The number of fused-ring (bicyclic) bond motifs is 1. The number of nitrogens with one attached hydrogen (secondary N) is 1. The van der Waals surface area contributed by atoms with Crippen molar-refractivity contribution in [2.45, 2.75) is 31.1 Å². The van der Waals surface area contributed by atoms with Gasteiger partial charge in [0.25, 0.3) is 0 Å². The summed E-state index contributed by atoms with van der Waals surface area (Å²) >= 11 is 0. The maximum absolute atomic E-state index is 12.5. The van der Waals surface area contributed by atoms with Crippen molar-refractivity contribution in [2.75, 3.05) is 18.0 Å². The molecule has 0 saturated heterocycles. The maximum atomic E-state index is 12.5. The van der Waals surface area contributed by atoms with E-state index in [1.54, 1.807) is 29.3 Å². The first-order chi connectivity index (χ1) is 12.0. The Morgan fingerprint density at radius 1 is 1.28 bits per heavy atom. The van der Waals surface area contributed by atoms with E-state index in [1.807, 2.05) is 18.2 Å². The van der Waals surface area contributed by atoms with Gasteiger partial charge in [-0.05, 0) is 55.2 Å². The Morgan fingerprint density at radius 2 is 2.12 bits per heavy atom. The van der Waals surface area contributed by atoms with Gasteiger partial charge < -0.3 is 4.90 Å². The molecule has 2 heterocycles. The second-order valence-electron chi connectivity index (χ2n) is 6.03. The minimum Gasteiger partial charge on any atom is -0.312 e. The van der Waals surface area contributed by atoms with Crippen LogP contribution in [0.1, 0.15) is 24.6 Å². The molecule has 132 valence electrons. The summed E-state index contributed by atoms with van der Waals surface area (Å²) < 4.78 is 27.5. The van der Waals surface area contributed by atoms with Gasteiger partial charge in [0.05, 0.1) is 4.90 Å². The van der Waals surface area contributed by atoms with Crippen LogP contribution in [0.4, 0.5) is 5.69 Å². The number of benzene rings is 1. The van der Waals surface area contributed by atoms with Crippen LogP contribution in [0.25, 0.3) is 0 Å². The zero-order valence-corrected chi connectivity index (χ0v) is 14.9. The van der Waals surface area contributed by atoms with Crippen molar-refractivity contribution < 1.29 is 13.2 Å². The van der Waals surface area contributed by atoms with E-state index in [0.29, 0.717) is 25.9 Å². The summed E-state index contributed by atoms with van der Waals surface area (Å²) in [4.78, 5) is 17.7. The topological polar surface area (TPSA) is 79.4 Å². The van der Waals surface area contributed by atoms with Crippen LogP contribution in [0.3, 0.4) is 0 Å². The molecule has 1 amide bonds. The molecule has 1 aromatic carbocycles. The molecule has 1 aromatic heterocycles. The average molecular weight is 359 g/mol. The predicted octanol–water partition coefficient (Wildman–Crippen LogP) is 1.90. The standard InChI is InChI=1S/C18H21N3O3S/c1-14(22)21-12-9-15-13-17(7-8-18(15)21)25(23,24)20-11-4-6-16-5-2-3-10-19-16/h2-3,5,7-8,10,13,20H,4,6,9,11-12H2,1H3. The molecule has 0 radical (unpaired) electrons. The number of amides is 1. The SMILES string of the molecule is CC(=O)N1CCc2cc(S(=O)(=O)NCCCc3ccccn3)ccc21. The smallest absolute Gasteiger partial charge is 0.240 e. The lowest BCUT2D eigenvalue weighted by Gasteiger charge is -2.15. The molecule has 7 heteroatoms. The van der Waals surface area contributed by atoms with Crippen molar-refractivity contribution >= 4 is 21.6 Å². The largest absolute Gasteiger partial charge is 0.312 e. The van der Waals surface area contributed by atoms with E-state index in [0.717, 1.165) is 23.4 Å². The van der Waals surface area contributed by atoms with E-state index in [-0.39, 0.29) is 10.8 Å². The lowest BCUT2D eigenvalue weighted by atomic mass is 10.2. The van der Waals surface area contributed by atoms with Gasteiger partial charge >= 0.3 is 0 Å².